The third kappa shape index (κ3) is 6.21. The Morgan fingerprint density at radius 2 is 1.67 bits per heavy atom. The standard InChI is InChI=1S/C20H23NO5S/c1-3-7-18(15-8-5-4-6-9-15)21-19(22)14-26-20(23)16-10-12-17(13-11-16)27(2,24)25/h4-6,8-13,18H,3,7,14H2,1-2H3,(H,21,22)/t18-/m1/s1. The third-order valence-electron chi connectivity index (χ3n) is 3.97. The molecule has 1 N–H and O–H groups in total. The number of hydrogen-bond acceptors (Lipinski definition) is 5. The lowest BCUT2D eigenvalue weighted by atomic mass is 10.0. The molecule has 1 amide bonds. The van der Waals surface area contributed by atoms with Crippen LogP contribution < -0.4 is 5.32 Å². The fraction of sp³-hybridized carbons (Fsp3) is 0.300. The molecule has 2 rings (SSSR count). The number of hydrogen-bond donors (Lipinski definition) is 1. The minimum Gasteiger partial charge on any atom is -0.452 e. The first-order valence-electron chi connectivity index (χ1n) is 8.63. The molecule has 0 spiro atoms. The molecule has 144 valence electrons. The molecule has 6 nitrogen and oxygen atoms in total. The van der Waals surface area contributed by atoms with E-state index in [1.807, 2.05) is 37.3 Å². The number of sulfone groups is 1. The fourth-order valence-electron chi connectivity index (χ4n) is 2.58. The van der Waals surface area contributed by atoms with E-state index < -0.39 is 28.3 Å². The summed E-state index contributed by atoms with van der Waals surface area (Å²) in [5.74, 6) is -1.07. The number of benzene rings is 2. The summed E-state index contributed by atoms with van der Waals surface area (Å²) in [6, 6.07) is 14.8. The number of carbonyl (C=O) groups excluding carboxylic acids is 2. The van der Waals surface area contributed by atoms with Crippen LogP contribution in [0.2, 0.25) is 0 Å². The number of ether oxygens (including phenoxy) is 1. The minimum absolute atomic E-state index is 0.113. The number of carbonyl (C=O) groups is 2. The van der Waals surface area contributed by atoms with Gasteiger partial charge in [0.1, 0.15) is 0 Å². The van der Waals surface area contributed by atoms with E-state index in [-0.39, 0.29) is 16.5 Å². The molecule has 0 aliphatic carbocycles. The van der Waals surface area contributed by atoms with Gasteiger partial charge in [-0.15, -0.1) is 0 Å². The first-order chi connectivity index (χ1) is 12.8. The van der Waals surface area contributed by atoms with E-state index in [1.165, 1.54) is 24.3 Å². The molecule has 0 saturated heterocycles. The van der Waals surface area contributed by atoms with Gasteiger partial charge in [0, 0.05) is 6.26 Å². The summed E-state index contributed by atoms with van der Waals surface area (Å²) in [7, 11) is -3.33. The summed E-state index contributed by atoms with van der Waals surface area (Å²) in [6.07, 6.45) is 2.76. The first kappa shape index (κ1) is 20.6. The highest BCUT2D eigenvalue weighted by atomic mass is 32.2. The van der Waals surface area contributed by atoms with E-state index in [9.17, 15) is 18.0 Å². The number of nitrogens with one attached hydrogen (secondary N) is 1. The summed E-state index contributed by atoms with van der Waals surface area (Å²) in [5, 5.41) is 2.87. The lowest BCUT2D eigenvalue weighted by Crippen LogP contribution is -2.32. The van der Waals surface area contributed by atoms with Crippen molar-refractivity contribution in [2.75, 3.05) is 12.9 Å². The van der Waals surface area contributed by atoms with Gasteiger partial charge in [0.15, 0.2) is 16.4 Å². The lowest BCUT2D eigenvalue weighted by molar-refractivity contribution is -0.125. The Hall–Kier alpha value is -2.67. The minimum atomic E-state index is -3.33. The smallest absolute Gasteiger partial charge is 0.338 e. The Morgan fingerprint density at radius 1 is 1.04 bits per heavy atom. The zero-order valence-electron chi connectivity index (χ0n) is 15.3. The zero-order valence-corrected chi connectivity index (χ0v) is 16.2. The van der Waals surface area contributed by atoms with Crippen molar-refractivity contribution in [3.05, 3.63) is 65.7 Å². The van der Waals surface area contributed by atoms with Crippen molar-refractivity contribution in [3.8, 4) is 0 Å². The van der Waals surface area contributed by atoms with E-state index in [1.54, 1.807) is 0 Å². The Kier molecular flexibility index (Phi) is 7.12. The van der Waals surface area contributed by atoms with E-state index in [0.717, 1.165) is 24.7 Å². The van der Waals surface area contributed by atoms with E-state index in [2.05, 4.69) is 5.32 Å². The molecular formula is C20H23NO5S. The SMILES string of the molecule is CCC[C@@H](NC(=O)COC(=O)c1ccc(S(C)(=O)=O)cc1)c1ccccc1. The van der Waals surface area contributed by atoms with Crippen LogP contribution in [0.15, 0.2) is 59.5 Å². The first-order valence-corrected chi connectivity index (χ1v) is 10.5. The van der Waals surface area contributed by atoms with Crippen molar-refractivity contribution < 1.29 is 22.7 Å². The van der Waals surface area contributed by atoms with Gasteiger partial charge in [0.25, 0.3) is 5.91 Å². The molecule has 0 heterocycles. The van der Waals surface area contributed by atoms with Crippen LogP contribution in [0, 0.1) is 0 Å². The fourth-order valence-corrected chi connectivity index (χ4v) is 3.22. The molecule has 27 heavy (non-hydrogen) atoms. The summed E-state index contributed by atoms with van der Waals surface area (Å²) < 4.78 is 27.9. The van der Waals surface area contributed by atoms with Gasteiger partial charge in [-0.3, -0.25) is 4.79 Å². The van der Waals surface area contributed by atoms with Crippen LogP contribution in [0.5, 0.6) is 0 Å². The molecule has 0 fully saturated rings. The van der Waals surface area contributed by atoms with Crippen LogP contribution in [0.4, 0.5) is 0 Å². The Balaban J connectivity index is 1.93. The van der Waals surface area contributed by atoms with Crippen molar-refractivity contribution in [1.82, 2.24) is 5.32 Å². The van der Waals surface area contributed by atoms with Gasteiger partial charge in [-0.05, 0) is 36.2 Å². The second-order valence-corrected chi connectivity index (χ2v) is 8.21. The summed E-state index contributed by atoms with van der Waals surface area (Å²) in [4.78, 5) is 24.3. The maximum atomic E-state index is 12.2. The molecule has 0 bridgehead atoms. The molecule has 2 aromatic carbocycles. The van der Waals surface area contributed by atoms with Crippen LogP contribution in [-0.2, 0) is 19.4 Å². The van der Waals surface area contributed by atoms with Crippen molar-refractivity contribution >= 4 is 21.7 Å². The normalized spacial score (nSPS) is 12.2. The zero-order chi connectivity index (χ0) is 19.9. The predicted molar refractivity (Wildman–Crippen MR) is 102 cm³/mol. The highest BCUT2D eigenvalue weighted by Gasteiger charge is 2.16. The predicted octanol–water partition coefficient (Wildman–Crippen LogP) is 2.90. The molecule has 0 radical (unpaired) electrons. The van der Waals surface area contributed by atoms with Gasteiger partial charge in [0.2, 0.25) is 0 Å². The average Bonchev–Trinajstić information content (AvgIpc) is 2.66. The molecular weight excluding hydrogens is 366 g/mol. The maximum Gasteiger partial charge on any atom is 0.338 e. The Labute approximate surface area is 159 Å². The molecule has 0 saturated carbocycles. The van der Waals surface area contributed by atoms with Crippen LogP contribution in [0.3, 0.4) is 0 Å². The van der Waals surface area contributed by atoms with Crippen molar-refractivity contribution in [2.24, 2.45) is 0 Å². The van der Waals surface area contributed by atoms with Crippen LogP contribution in [0.1, 0.15) is 41.7 Å². The van der Waals surface area contributed by atoms with Gasteiger partial charge in [-0.1, -0.05) is 43.7 Å². The van der Waals surface area contributed by atoms with Crippen molar-refractivity contribution in [2.45, 2.75) is 30.7 Å². The van der Waals surface area contributed by atoms with Gasteiger partial charge in [-0.25, -0.2) is 13.2 Å². The van der Waals surface area contributed by atoms with Gasteiger partial charge in [-0.2, -0.15) is 0 Å². The number of esters is 1. The molecule has 7 heteroatoms. The van der Waals surface area contributed by atoms with Crippen LogP contribution >= 0.6 is 0 Å². The van der Waals surface area contributed by atoms with E-state index in [0.29, 0.717) is 0 Å². The summed E-state index contributed by atoms with van der Waals surface area (Å²) >= 11 is 0. The topological polar surface area (TPSA) is 89.5 Å². The highest BCUT2D eigenvalue weighted by molar-refractivity contribution is 7.90. The highest BCUT2D eigenvalue weighted by Crippen LogP contribution is 2.18. The van der Waals surface area contributed by atoms with Crippen LogP contribution in [0.25, 0.3) is 0 Å². The second kappa shape index (κ2) is 9.32. The molecule has 0 aromatic heterocycles. The second-order valence-electron chi connectivity index (χ2n) is 6.19. The van der Waals surface area contributed by atoms with Gasteiger partial charge >= 0.3 is 5.97 Å². The van der Waals surface area contributed by atoms with Crippen LogP contribution in [-0.4, -0.2) is 33.2 Å². The molecule has 1 atom stereocenters. The monoisotopic (exact) mass is 389 g/mol. The van der Waals surface area contributed by atoms with Gasteiger partial charge in [0.05, 0.1) is 16.5 Å². The maximum absolute atomic E-state index is 12.2. The molecule has 0 aliphatic rings. The van der Waals surface area contributed by atoms with E-state index in [4.69, 9.17) is 4.74 Å². The molecule has 0 unspecified atom stereocenters. The third-order valence-corrected chi connectivity index (χ3v) is 5.10. The lowest BCUT2D eigenvalue weighted by Gasteiger charge is -2.18. The van der Waals surface area contributed by atoms with Crippen molar-refractivity contribution in [3.63, 3.8) is 0 Å². The summed E-state index contributed by atoms with van der Waals surface area (Å²) in [6.45, 7) is 1.63. The Morgan fingerprint density at radius 3 is 2.22 bits per heavy atom. The number of amides is 1. The largest absolute Gasteiger partial charge is 0.452 e. The van der Waals surface area contributed by atoms with Gasteiger partial charge < -0.3 is 10.1 Å². The molecule has 2 aromatic rings. The molecule has 0 aliphatic heterocycles. The van der Waals surface area contributed by atoms with E-state index >= 15 is 0 Å². The van der Waals surface area contributed by atoms with Crippen molar-refractivity contribution in [1.29, 1.82) is 0 Å². The Bertz CT molecular complexity index is 876. The average molecular weight is 389 g/mol. The number of rotatable bonds is 8. The summed E-state index contributed by atoms with van der Waals surface area (Å²) in [5.41, 5.74) is 1.18. The quantitative estimate of drug-likeness (QED) is 0.701.